The lowest BCUT2D eigenvalue weighted by atomic mass is 9.94. The maximum atomic E-state index is 12.6. The molecule has 33 heavy (non-hydrogen) atoms. The highest BCUT2D eigenvalue weighted by Crippen LogP contribution is 2.34. The van der Waals surface area contributed by atoms with E-state index < -0.39 is 30.1 Å². The van der Waals surface area contributed by atoms with E-state index in [2.05, 4.69) is 5.32 Å². The van der Waals surface area contributed by atoms with E-state index in [1.54, 1.807) is 38.1 Å². The highest BCUT2D eigenvalue weighted by atomic mass is 35.5. The lowest BCUT2D eigenvalue weighted by Crippen LogP contribution is -2.28. The average Bonchev–Trinajstić information content (AvgIpc) is 2.73. The summed E-state index contributed by atoms with van der Waals surface area (Å²) >= 11 is 6.17. The van der Waals surface area contributed by atoms with Crippen molar-refractivity contribution in [2.45, 2.75) is 58.3 Å². The van der Waals surface area contributed by atoms with E-state index in [0.29, 0.717) is 12.0 Å². The highest BCUT2D eigenvalue weighted by Gasteiger charge is 2.23. The number of rotatable bonds is 1. The number of phenols is 1. The number of amides is 1. The number of hydrogen-bond acceptors (Lipinski definition) is 6. The Hall–Kier alpha value is -2.45. The van der Waals surface area contributed by atoms with Gasteiger partial charge in [0.2, 0.25) is 5.91 Å². The van der Waals surface area contributed by atoms with Crippen molar-refractivity contribution >= 4 is 29.0 Å². The van der Waals surface area contributed by atoms with Gasteiger partial charge < -0.3 is 25.4 Å². The Balaban J connectivity index is 2.43. The number of ether oxygens (including phenoxy) is 1. The maximum absolute atomic E-state index is 12.6. The summed E-state index contributed by atoms with van der Waals surface area (Å²) < 4.78 is 5.27. The average molecular weight is 478 g/mol. The van der Waals surface area contributed by atoms with Gasteiger partial charge in [0.15, 0.2) is 5.78 Å². The van der Waals surface area contributed by atoms with Crippen LogP contribution in [0.3, 0.4) is 0 Å². The third kappa shape index (κ3) is 7.82. The number of aromatic hydroxyl groups is 1. The van der Waals surface area contributed by atoms with Gasteiger partial charge in [-0.1, -0.05) is 42.3 Å². The summed E-state index contributed by atoms with van der Waals surface area (Å²) in [6, 6.07) is 3.19. The number of carbonyl (C=O) groups excluding carboxylic acids is 2. The molecule has 1 aliphatic heterocycles. The Morgan fingerprint density at radius 3 is 2.52 bits per heavy atom. The molecule has 0 spiro atoms. The first-order chi connectivity index (χ1) is 15.5. The van der Waals surface area contributed by atoms with Crippen LogP contribution in [0.1, 0.15) is 39.2 Å². The molecule has 2 bridgehead atoms. The molecule has 4 N–H and O–H groups in total. The van der Waals surface area contributed by atoms with Gasteiger partial charge >= 0.3 is 0 Å². The van der Waals surface area contributed by atoms with E-state index >= 15 is 0 Å². The first kappa shape index (κ1) is 26.8. The Labute approximate surface area is 199 Å². The molecule has 8 heteroatoms. The number of ketones is 1. The zero-order chi connectivity index (χ0) is 24.7. The molecule has 0 radical (unpaired) electrons. The second kappa shape index (κ2) is 12.1. The number of Topliss-reactive ketones (excluding diaryl/α,β-unsaturated/α-hetero) is 1. The third-order valence-corrected chi connectivity index (χ3v) is 5.95. The van der Waals surface area contributed by atoms with Crippen LogP contribution in [0.4, 0.5) is 5.69 Å². The SMILES string of the molecule is CO[C@@H]1/C=C/C=C(\C)Cc2cc(O)c(Cl)c(c2)NC(=O)C[C@H](O)/C(C)=C/[C@H](C)[C@@H](O)CC1=O. The minimum absolute atomic E-state index is 0.0134. The summed E-state index contributed by atoms with van der Waals surface area (Å²) in [6.45, 7) is 5.27. The zero-order valence-corrected chi connectivity index (χ0v) is 20.1. The molecular weight excluding hydrogens is 446 g/mol. The van der Waals surface area contributed by atoms with E-state index in [0.717, 1.165) is 11.1 Å². The van der Waals surface area contributed by atoms with Crippen molar-refractivity contribution in [1.29, 1.82) is 0 Å². The Kier molecular flexibility index (Phi) is 9.86. The number of fused-ring (bicyclic) bond motifs is 2. The highest BCUT2D eigenvalue weighted by molar-refractivity contribution is 6.35. The molecule has 1 amide bonds. The Bertz CT molecular complexity index is 968. The summed E-state index contributed by atoms with van der Waals surface area (Å²) in [5.41, 5.74) is 2.39. The monoisotopic (exact) mass is 477 g/mol. The van der Waals surface area contributed by atoms with Gasteiger partial charge in [0.05, 0.1) is 24.3 Å². The van der Waals surface area contributed by atoms with E-state index in [1.807, 2.05) is 13.0 Å². The number of aliphatic hydroxyl groups is 2. The van der Waals surface area contributed by atoms with Crippen LogP contribution in [0, 0.1) is 5.92 Å². The standard InChI is InChI=1S/C25H32ClNO6/c1-14-6-5-7-23(33-4)21(30)12-19(28)15(2)9-16(3)20(29)13-24(32)27-18-10-17(8-14)11-22(31)25(18)26/h5-7,9-11,15,19-20,23,28-29,31H,8,12-13H2,1-4H3,(H,27,32)/b7-5+,14-6+,16-9+/t15-,19-,20-,23+/m0/s1. The van der Waals surface area contributed by atoms with Crippen LogP contribution in [0.25, 0.3) is 0 Å². The molecule has 0 fully saturated rings. The Morgan fingerprint density at radius 2 is 1.85 bits per heavy atom. The van der Waals surface area contributed by atoms with Crippen molar-refractivity contribution < 1.29 is 29.6 Å². The molecule has 1 heterocycles. The van der Waals surface area contributed by atoms with Gasteiger partial charge in [-0.25, -0.2) is 0 Å². The maximum Gasteiger partial charge on any atom is 0.227 e. The van der Waals surface area contributed by atoms with Crippen molar-refractivity contribution in [2.75, 3.05) is 12.4 Å². The van der Waals surface area contributed by atoms with E-state index in [1.165, 1.54) is 13.2 Å². The van der Waals surface area contributed by atoms with Gasteiger partial charge in [-0.3, -0.25) is 9.59 Å². The predicted octanol–water partition coefficient (Wildman–Crippen LogP) is 3.71. The topological polar surface area (TPSA) is 116 Å². The molecule has 0 unspecified atom stereocenters. The molecule has 0 saturated carbocycles. The van der Waals surface area contributed by atoms with Crippen LogP contribution in [-0.2, 0) is 20.7 Å². The normalized spacial score (nSPS) is 30.0. The number of nitrogens with one attached hydrogen (secondary N) is 1. The minimum atomic E-state index is -1.09. The molecule has 180 valence electrons. The number of allylic oxidation sites excluding steroid dienone is 3. The van der Waals surface area contributed by atoms with Crippen LogP contribution in [0.5, 0.6) is 5.75 Å². The Morgan fingerprint density at radius 1 is 1.15 bits per heavy atom. The van der Waals surface area contributed by atoms with Crippen molar-refractivity contribution in [3.05, 3.63) is 58.2 Å². The van der Waals surface area contributed by atoms with Gasteiger partial charge in [-0.2, -0.15) is 0 Å². The van der Waals surface area contributed by atoms with E-state index in [4.69, 9.17) is 16.3 Å². The number of halogens is 1. The number of phenolic OH excluding ortho intramolecular Hbond substituents is 1. The first-order valence-corrected chi connectivity index (χ1v) is 11.1. The van der Waals surface area contributed by atoms with E-state index in [9.17, 15) is 24.9 Å². The summed E-state index contributed by atoms with van der Waals surface area (Å²) in [6.07, 6.45) is 4.04. The molecule has 0 aliphatic carbocycles. The van der Waals surface area contributed by atoms with Gasteiger partial charge in [-0.15, -0.1) is 0 Å². The number of methoxy groups -OCH3 is 1. The van der Waals surface area contributed by atoms with Crippen molar-refractivity contribution in [1.82, 2.24) is 0 Å². The largest absolute Gasteiger partial charge is 0.506 e. The van der Waals surface area contributed by atoms with Crippen LogP contribution < -0.4 is 5.32 Å². The number of aliphatic hydroxyl groups excluding tert-OH is 2. The van der Waals surface area contributed by atoms with Crippen LogP contribution in [0.15, 0.2) is 47.6 Å². The van der Waals surface area contributed by atoms with Crippen LogP contribution >= 0.6 is 11.6 Å². The first-order valence-electron chi connectivity index (χ1n) is 10.8. The van der Waals surface area contributed by atoms with Crippen molar-refractivity contribution in [3.63, 3.8) is 0 Å². The second-order valence-corrected chi connectivity index (χ2v) is 8.86. The molecule has 0 saturated heterocycles. The van der Waals surface area contributed by atoms with Gasteiger partial charge in [0, 0.05) is 19.4 Å². The molecule has 1 aromatic rings. The number of hydrogen-bond donors (Lipinski definition) is 4. The summed E-state index contributed by atoms with van der Waals surface area (Å²) in [4.78, 5) is 25.1. The lowest BCUT2D eigenvalue weighted by molar-refractivity contribution is -0.128. The van der Waals surface area contributed by atoms with Crippen molar-refractivity contribution in [2.24, 2.45) is 5.92 Å². The third-order valence-electron chi connectivity index (χ3n) is 5.56. The number of carbonyl (C=O) groups is 2. The predicted molar refractivity (Wildman–Crippen MR) is 128 cm³/mol. The summed E-state index contributed by atoms with van der Waals surface area (Å²) in [7, 11) is 1.43. The van der Waals surface area contributed by atoms with Gasteiger partial charge in [0.1, 0.15) is 16.9 Å². The molecule has 0 aromatic heterocycles. The molecular formula is C25H32ClNO6. The summed E-state index contributed by atoms with van der Waals surface area (Å²) in [5, 5.41) is 33.8. The fourth-order valence-corrected chi connectivity index (χ4v) is 3.72. The molecule has 2 rings (SSSR count). The molecule has 1 aromatic carbocycles. The fourth-order valence-electron chi connectivity index (χ4n) is 3.56. The van der Waals surface area contributed by atoms with Gasteiger partial charge in [0.25, 0.3) is 0 Å². The van der Waals surface area contributed by atoms with Gasteiger partial charge in [-0.05, 0) is 49.6 Å². The number of anilines is 1. The molecule has 4 atom stereocenters. The molecule has 7 nitrogen and oxygen atoms in total. The van der Waals surface area contributed by atoms with E-state index in [-0.39, 0.29) is 35.1 Å². The zero-order valence-electron chi connectivity index (χ0n) is 19.3. The van der Waals surface area contributed by atoms with Crippen LogP contribution in [-0.4, -0.2) is 52.4 Å². The second-order valence-electron chi connectivity index (χ2n) is 8.48. The smallest absolute Gasteiger partial charge is 0.227 e. The minimum Gasteiger partial charge on any atom is -0.506 e. The molecule has 1 aliphatic rings. The summed E-state index contributed by atoms with van der Waals surface area (Å²) in [5.74, 6) is -1.34. The van der Waals surface area contributed by atoms with Crippen LogP contribution in [0.2, 0.25) is 5.02 Å². The number of benzene rings is 1. The van der Waals surface area contributed by atoms with Crippen molar-refractivity contribution in [3.8, 4) is 5.75 Å². The lowest BCUT2D eigenvalue weighted by Gasteiger charge is -2.19. The quantitative estimate of drug-likeness (QED) is 0.458. The fraction of sp³-hybridized carbons (Fsp3) is 0.440.